The molecule has 4 aromatic rings. The van der Waals surface area contributed by atoms with E-state index < -0.39 is 0 Å². The first-order valence-electron chi connectivity index (χ1n) is 9.43. The Morgan fingerprint density at radius 2 is 1.74 bits per heavy atom. The Bertz CT molecular complexity index is 1050. The molecule has 0 amide bonds. The Morgan fingerprint density at radius 3 is 2.59 bits per heavy atom. The summed E-state index contributed by atoms with van der Waals surface area (Å²) < 4.78 is 0. The zero-order valence-corrected chi connectivity index (χ0v) is 15.0. The van der Waals surface area contributed by atoms with Crippen LogP contribution in [0.4, 0.5) is 5.82 Å². The van der Waals surface area contributed by atoms with Gasteiger partial charge in [0.05, 0.1) is 5.52 Å². The third kappa shape index (κ3) is 3.05. The van der Waals surface area contributed by atoms with Crippen molar-refractivity contribution < 1.29 is 0 Å². The van der Waals surface area contributed by atoms with Gasteiger partial charge < -0.3 is 4.90 Å². The van der Waals surface area contributed by atoms with Gasteiger partial charge in [0, 0.05) is 42.6 Å². The van der Waals surface area contributed by atoms with Crippen molar-refractivity contribution in [2.75, 3.05) is 18.0 Å². The first-order chi connectivity index (χ1) is 13.4. The van der Waals surface area contributed by atoms with Crippen LogP contribution >= 0.6 is 0 Å². The van der Waals surface area contributed by atoms with E-state index in [4.69, 9.17) is 0 Å². The minimum Gasteiger partial charge on any atom is -0.357 e. The number of aromatic nitrogens is 4. The van der Waals surface area contributed by atoms with Crippen molar-refractivity contribution in [1.82, 2.24) is 20.2 Å². The van der Waals surface area contributed by atoms with E-state index in [9.17, 15) is 0 Å². The number of piperidine rings is 1. The number of para-hydroxylation sites is 1. The molecule has 4 heterocycles. The number of pyridine rings is 2. The number of hydrogen-bond acceptors (Lipinski definition) is 4. The van der Waals surface area contributed by atoms with Gasteiger partial charge in [-0.15, -0.1) is 0 Å². The number of aromatic amines is 1. The molecule has 1 aromatic carbocycles. The molecule has 0 spiro atoms. The molecule has 3 aromatic heterocycles. The van der Waals surface area contributed by atoms with Gasteiger partial charge in [0.1, 0.15) is 11.5 Å². The monoisotopic (exact) mass is 355 g/mol. The number of anilines is 1. The number of benzene rings is 1. The molecule has 1 saturated heterocycles. The second-order valence-electron chi connectivity index (χ2n) is 7.06. The smallest absolute Gasteiger partial charge is 0.129 e. The Kier molecular flexibility index (Phi) is 4.05. The quantitative estimate of drug-likeness (QED) is 0.592. The molecule has 1 N–H and O–H groups in total. The number of nitrogens with one attached hydrogen (secondary N) is 1. The lowest BCUT2D eigenvalue weighted by molar-refractivity contribution is 0.502. The summed E-state index contributed by atoms with van der Waals surface area (Å²) in [6.45, 7) is 2.04. The van der Waals surface area contributed by atoms with E-state index in [-0.39, 0.29) is 0 Å². The highest BCUT2D eigenvalue weighted by atomic mass is 15.2. The molecule has 0 radical (unpaired) electrons. The molecule has 134 valence electrons. The lowest BCUT2D eigenvalue weighted by atomic mass is 9.90. The maximum absolute atomic E-state index is 4.63. The fraction of sp³-hybridized carbons (Fsp3) is 0.227. The molecular weight excluding hydrogens is 334 g/mol. The van der Waals surface area contributed by atoms with Crippen LogP contribution in [0, 0.1) is 0 Å². The first kappa shape index (κ1) is 16.0. The van der Waals surface area contributed by atoms with E-state index in [0.717, 1.165) is 53.9 Å². The molecule has 0 unspecified atom stereocenters. The number of hydrogen-bond donors (Lipinski definition) is 1. The van der Waals surface area contributed by atoms with Gasteiger partial charge >= 0.3 is 0 Å². The Morgan fingerprint density at radius 1 is 0.926 bits per heavy atom. The normalized spacial score (nSPS) is 15.3. The van der Waals surface area contributed by atoms with Crippen molar-refractivity contribution in [2.24, 2.45) is 0 Å². The van der Waals surface area contributed by atoms with Crippen LogP contribution in [0.1, 0.15) is 24.3 Å². The topological polar surface area (TPSA) is 57.7 Å². The van der Waals surface area contributed by atoms with Crippen LogP contribution in [0.2, 0.25) is 0 Å². The lowest BCUT2D eigenvalue weighted by Crippen LogP contribution is -2.33. The van der Waals surface area contributed by atoms with Crippen molar-refractivity contribution in [2.45, 2.75) is 18.8 Å². The largest absolute Gasteiger partial charge is 0.357 e. The second kappa shape index (κ2) is 6.83. The lowest BCUT2D eigenvalue weighted by Gasteiger charge is -2.33. The van der Waals surface area contributed by atoms with E-state index in [2.05, 4.69) is 55.4 Å². The van der Waals surface area contributed by atoms with E-state index in [1.807, 2.05) is 36.8 Å². The number of H-pyrrole nitrogens is 1. The SMILES string of the molecule is c1ccc2c(-c3ccnc(N4CCC(c5ccncc5)CC4)c3)n[nH]c2c1. The van der Waals surface area contributed by atoms with Gasteiger partial charge in [-0.05, 0) is 54.7 Å². The minimum absolute atomic E-state index is 0.614. The van der Waals surface area contributed by atoms with Gasteiger partial charge in [-0.25, -0.2) is 4.98 Å². The highest BCUT2D eigenvalue weighted by Gasteiger charge is 2.22. The summed E-state index contributed by atoms with van der Waals surface area (Å²) in [5, 5.41) is 8.79. The maximum Gasteiger partial charge on any atom is 0.129 e. The molecule has 1 fully saturated rings. The number of fused-ring (bicyclic) bond motifs is 1. The molecule has 1 aliphatic rings. The molecule has 0 bridgehead atoms. The summed E-state index contributed by atoms with van der Waals surface area (Å²) in [5.74, 6) is 1.65. The first-order valence-corrected chi connectivity index (χ1v) is 9.43. The second-order valence-corrected chi connectivity index (χ2v) is 7.06. The Hall–Kier alpha value is -3.21. The van der Waals surface area contributed by atoms with Crippen LogP contribution in [0.15, 0.2) is 67.1 Å². The molecular formula is C22H21N5. The van der Waals surface area contributed by atoms with Crippen LogP contribution in [0.5, 0.6) is 0 Å². The molecule has 5 nitrogen and oxygen atoms in total. The van der Waals surface area contributed by atoms with Gasteiger partial charge in [0.15, 0.2) is 0 Å². The molecule has 5 heteroatoms. The van der Waals surface area contributed by atoms with Crippen molar-refractivity contribution in [3.8, 4) is 11.3 Å². The third-order valence-electron chi connectivity index (χ3n) is 5.49. The Balaban J connectivity index is 1.37. The highest BCUT2D eigenvalue weighted by molar-refractivity contribution is 5.93. The zero-order chi connectivity index (χ0) is 18.1. The molecule has 27 heavy (non-hydrogen) atoms. The van der Waals surface area contributed by atoms with Crippen molar-refractivity contribution in [3.63, 3.8) is 0 Å². The summed E-state index contributed by atoms with van der Waals surface area (Å²) in [7, 11) is 0. The highest BCUT2D eigenvalue weighted by Crippen LogP contribution is 2.32. The van der Waals surface area contributed by atoms with Gasteiger partial charge in [0.25, 0.3) is 0 Å². The summed E-state index contributed by atoms with van der Waals surface area (Å²) in [6.07, 6.45) is 7.95. The van der Waals surface area contributed by atoms with Crippen molar-refractivity contribution >= 4 is 16.7 Å². The molecule has 0 saturated carbocycles. The minimum atomic E-state index is 0.614. The Labute approximate surface area is 158 Å². The van der Waals surface area contributed by atoms with Crippen LogP contribution in [0.25, 0.3) is 22.2 Å². The fourth-order valence-electron chi connectivity index (χ4n) is 4.00. The molecule has 5 rings (SSSR count). The zero-order valence-electron chi connectivity index (χ0n) is 15.0. The predicted octanol–water partition coefficient (Wildman–Crippen LogP) is 4.40. The van der Waals surface area contributed by atoms with Crippen LogP contribution < -0.4 is 4.90 Å². The van der Waals surface area contributed by atoms with E-state index in [0.29, 0.717) is 5.92 Å². The van der Waals surface area contributed by atoms with Gasteiger partial charge in [0.2, 0.25) is 0 Å². The summed E-state index contributed by atoms with van der Waals surface area (Å²) in [5.41, 5.74) is 4.55. The fourth-order valence-corrected chi connectivity index (χ4v) is 4.00. The number of rotatable bonds is 3. The number of nitrogens with zero attached hydrogens (tertiary/aromatic N) is 4. The third-order valence-corrected chi connectivity index (χ3v) is 5.49. The predicted molar refractivity (Wildman–Crippen MR) is 108 cm³/mol. The summed E-state index contributed by atoms with van der Waals surface area (Å²) >= 11 is 0. The molecule has 1 aliphatic heterocycles. The van der Waals surface area contributed by atoms with Gasteiger partial charge in [-0.3, -0.25) is 10.1 Å². The van der Waals surface area contributed by atoms with Crippen molar-refractivity contribution in [3.05, 3.63) is 72.7 Å². The van der Waals surface area contributed by atoms with E-state index in [1.54, 1.807) is 0 Å². The molecule has 0 atom stereocenters. The van der Waals surface area contributed by atoms with Gasteiger partial charge in [-0.1, -0.05) is 18.2 Å². The van der Waals surface area contributed by atoms with Crippen LogP contribution in [-0.4, -0.2) is 33.3 Å². The van der Waals surface area contributed by atoms with Crippen molar-refractivity contribution in [1.29, 1.82) is 0 Å². The standard InChI is InChI=1S/C22H21N5/c1-2-4-20-19(3-1)22(26-25-20)18-7-12-24-21(15-18)27-13-8-17(9-14-27)16-5-10-23-11-6-16/h1-7,10-12,15,17H,8-9,13-14H2,(H,25,26). The molecule has 0 aliphatic carbocycles. The van der Waals surface area contributed by atoms with Crippen LogP contribution in [-0.2, 0) is 0 Å². The summed E-state index contributed by atoms with van der Waals surface area (Å²) in [4.78, 5) is 11.1. The average molecular weight is 355 g/mol. The van der Waals surface area contributed by atoms with Gasteiger partial charge in [-0.2, -0.15) is 5.10 Å². The maximum atomic E-state index is 4.63. The van der Waals surface area contributed by atoms with Crippen LogP contribution in [0.3, 0.4) is 0 Å². The van der Waals surface area contributed by atoms with E-state index in [1.165, 1.54) is 5.56 Å². The van der Waals surface area contributed by atoms with E-state index >= 15 is 0 Å². The summed E-state index contributed by atoms with van der Waals surface area (Å²) in [6, 6.07) is 16.7. The average Bonchev–Trinajstić information content (AvgIpc) is 3.19.